The van der Waals surface area contributed by atoms with Crippen LogP contribution in [0, 0.1) is 6.92 Å². The summed E-state index contributed by atoms with van der Waals surface area (Å²) in [5.41, 5.74) is 0.980. The summed E-state index contributed by atoms with van der Waals surface area (Å²) in [6, 6.07) is 14.1. The molecule has 0 atom stereocenters. The second kappa shape index (κ2) is 7.48. The first-order valence-electron chi connectivity index (χ1n) is 8.13. The van der Waals surface area contributed by atoms with Gasteiger partial charge in [0.1, 0.15) is 5.82 Å². The molecule has 7 heteroatoms. The molecule has 0 aliphatic heterocycles. The fraction of sp³-hybridized carbons (Fsp3) is 0.150. The number of hydrogen-bond acceptors (Lipinski definition) is 2. The van der Waals surface area contributed by atoms with Crippen LogP contribution in [0.25, 0.3) is 0 Å². The molecule has 27 heavy (non-hydrogen) atoms. The van der Waals surface area contributed by atoms with Gasteiger partial charge in [0.05, 0.1) is 16.3 Å². The van der Waals surface area contributed by atoms with Crippen molar-refractivity contribution in [2.24, 2.45) is 0 Å². The number of rotatable bonds is 4. The summed E-state index contributed by atoms with van der Waals surface area (Å²) in [6.45, 7) is 2.42. The number of halogens is 4. The van der Waals surface area contributed by atoms with Crippen molar-refractivity contribution in [1.82, 2.24) is 4.57 Å². The molecule has 0 aliphatic carbocycles. The van der Waals surface area contributed by atoms with Crippen molar-refractivity contribution < 1.29 is 13.2 Å². The number of anilines is 2. The predicted molar refractivity (Wildman–Crippen MR) is 101 cm³/mol. The Kier molecular flexibility index (Phi) is 5.28. The number of aryl methyl sites for hydroxylation is 1. The van der Waals surface area contributed by atoms with E-state index in [9.17, 15) is 18.0 Å². The Balaban J connectivity index is 2.00. The van der Waals surface area contributed by atoms with Crippen molar-refractivity contribution in [3.8, 4) is 0 Å². The van der Waals surface area contributed by atoms with Gasteiger partial charge in [-0.15, -0.1) is 0 Å². The monoisotopic (exact) mass is 392 g/mol. The van der Waals surface area contributed by atoms with Gasteiger partial charge in [0.15, 0.2) is 5.43 Å². The Bertz CT molecular complexity index is 1030. The number of hydrogen-bond donors (Lipinski definition) is 1. The van der Waals surface area contributed by atoms with Crippen molar-refractivity contribution in [2.75, 3.05) is 5.32 Å². The average Bonchev–Trinajstić information content (AvgIpc) is 2.60. The van der Waals surface area contributed by atoms with E-state index in [-0.39, 0.29) is 11.1 Å². The highest BCUT2D eigenvalue weighted by Gasteiger charge is 2.34. The van der Waals surface area contributed by atoms with Gasteiger partial charge in [-0.2, -0.15) is 13.2 Å². The maximum absolute atomic E-state index is 13.1. The predicted octanol–water partition coefficient (Wildman–Crippen LogP) is 5.62. The van der Waals surface area contributed by atoms with E-state index in [4.69, 9.17) is 11.6 Å². The Morgan fingerprint density at radius 1 is 1.07 bits per heavy atom. The first kappa shape index (κ1) is 19.0. The van der Waals surface area contributed by atoms with E-state index in [2.05, 4.69) is 5.32 Å². The summed E-state index contributed by atoms with van der Waals surface area (Å²) in [5.74, 6) is 0.354. The Labute approximate surface area is 159 Å². The van der Waals surface area contributed by atoms with Crippen LogP contribution in [0.5, 0.6) is 0 Å². The van der Waals surface area contributed by atoms with E-state index in [0.717, 1.165) is 17.2 Å². The molecule has 0 aliphatic rings. The van der Waals surface area contributed by atoms with Gasteiger partial charge in [0.2, 0.25) is 0 Å². The molecule has 1 N–H and O–H groups in total. The molecule has 1 heterocycles. The zero-order valence-electron chi connectivity index (χ0n) is 14.3. The van der Waals surface area contributed by atoms with Gasteiger partial charge in [-0.05, 0) is 30.2 Å². The summed E-state index contributed by atoms with van der Waals surface area (Å²) in [5, 5.41) is 2.42. The second-order valence-electron chi connectivity index (χ2n) is 6.09. The molecule has 3 nitrogen and oxygen atoms in total. The van der Waals surface area contributed by atoms with Crippen LogP contribution < -0.4 is 10.7 Å². The lowest BCUT2D eigenvalue weighted by molar-refractivity contribution is -0.137. The number of benzene rings is 2. The zero-order chi connectivity index (χ0) is 19.6. The third kappa shape index (κ3) is 4.34. The zero-order valence-corrected chi connectivity index (χ0v) is 15.1. The molecule has 1 aromatic heterocycles. The van der Waals surface area contributed by atoms with Crippen LogP contribution in [0.3, 0.4) is 0 Å². The first-order chi connectivity index (χ1) is 12.8. The van der Waals surface area contributed by atoms with E-state index < -0.39 is 16.8 Å². The minimum Gasteiger partial charge on any atom is -0.340 e. The lowest BCUT2D eigenvalue weighted by atomic mass is 10.1. The topological polar surface area (TPSA) is 34.0 Å². The fourth-order valence-corrected chi connectivity index (χ4v) is 2.99. The maximum atomic E-state index is 13.1. The van der Waals surface area contributed by atoms with Gasteiger partial charge in [-0.25, -0.2) is 0 Å². The SMILES string of the molecule is Cc1ccccc1Cn1ccc(=O)cc1Nc1cccc(C(F)(F)F)c1Cl. The minimum atomic E-state index is -4.56. The molecule has 0 fully saturated rings. The molecule has 0 spiro atoms. The summed E-state index contributed by atoms with van der Waals surface area (Å²) in [4.78, 5) is 11.8. The molecule has 3 aromatic rings. The highest BCUT2D eigenvalue weighted by molar-refractivity contribution is 6.34. The van der Waals surface area contributed by atoms with E-state index in [1.165, 1.54) is 24.3 Å². The van der Waals surface area contributed by atoms with Crippen LogP contribution in [-0.2, 0) is 12.7 Å². The first-order valence-corrected chi connectivity index (χ1v) is 8.51. The fourth-order valence-electron chi connectivity index (χ4n) is 2.71. The van der Waals surface area contributed by atoms with Crippen molar-refractivity contribution in [3.05, 3.63) is 92.7 Å². The van der Waals surface area contributed by atoms with Gasteiger partial charge >= 0.3 is 6.18 Å². The molecule has 0 amide bonds. The van der Waals surface area contributed by atoms with Crippen LogP contribution in [0.2, 0.25) is 5.02 Å². The number of alkyl halides is 3. The summed E-state index contributed by atoms with van der Waals surface area (Å²) < 4.78 is 41.0. The Hall–Kier alpha value is -2.73. The normalized spacial score (nSPS) is 11.4. The number of pyridine rings is 1. The molecule has 2 aromatic carbocycles. The van der Waals surface area contributed by atoms with E-state index in [1.807, 2.05) is 31.2 Å². The highest BCUT2D eigenvalue weighted by Crippen LogP contribution is 2.38. The van der Waals surface area contributed by atoms with Crippen LogP contribution in [0.15, 0.2) is 65.6 Å². The van der Waals surface area contributed by atoms with Crippen LogP contribution in [0.1, 0.15) is 16.7 Å². The smallest absolute Gasteiger partial charge is 0.340 e. The third-order valence-corrected chi connectivity index (χ3v) is 4.58. The minimum absolute atomic E-state index is 0.0793. The van der Waals surface area contributed by atoms with Crippen molar-refractivity contribution in [3.63, 3.8) is 0 Å². The summed E-state index contributed by atoms with van der Waals surface area (Å²) in [7, 11) is 0. The Morgan fingerprint density at radius 3 is 2.52 bits per heavy atom. The molecule has 0 radical (unpaired) electrons. The van der Waals surface area contributed by atoms with Gasteiger partial charge in [-0.3, -0.25) is 4.79 Å². The quantitative estimate of drug-likeness (QED) is 0.625. The molecule has 0 saturated carbocycles. The lowest BCUT2D eigenvalue weighted by Crippen LogP contribution is -2.13. The van der Waals surface area contributed by atoms with Crippen molar-refractivity contribution in [2.45, 2.75) is 19.6 Å². The van der Waals surface area contributed by atoms with Gasteiger partial charge in [-0.1, -0.05) is 41.9 Å². The number of nitrogens with one attached hydrogen (secondary N) is 1. The van der Waals surface area contributed by atoms with E-state index >= 15 is 0 Å². The van der Waals surface area contributed by atoms with E-state index in [0.29, 0.717) is 12.4 Å². The van der Waals surface area contributed by atoms with Crippen molar-refractivity contribution >= 4 is 23.1 Å². The largest absolute Gasteiger partial charge is 0.417 e. The Morgan fingerprint density at radius 2 is 1.81 bits per heavy atom. The molecule has 3 rings (SSSR count). The number of aromatic nitrogens is 1. The lowest BCUT2D eigenvalue weighted by Gasteiger charge is -2.18. The second-order valence-corrected chi connectivity index (χ2v) is 6.47. The average molecular weight is 393 g/mol. The van der Waals surface area contributed by atoms with Gasteiger partial charge in [0, 0.05) is 24.9 Å². The van der Waals surface area contributed by atoms with Crippen LogP contribution in [0.4, 0.5) is 24.7 Å². The maximum Gasteiger partial charge on any atom is 0.417 e. The molecule has 0 unspecified atom stereocenters. The molecular weight excluding hydrogens is 377 g/mol. The standard InChI is InChI=1S/C20H16ClF3N2O/c1-13-5-2-3-6-14(13)12-26-10-9-15(27)11-18(26)25-17-8-4-7-16(19(17)21)20(22,23)24/h2-11,25H,12H2,1H3. The van der Waals surface area contributed by atoms with E-state index in [1.54, 1.807) is 10.8 Å². The van der Waals surface area contributed by atoms with Crippen molar-refractivity contribution in [1.29, 1.82) is 0 Å². The van der Waals surface area contributed by atoms with Crippen LogP contribution >= 0.6 is 11.6 Å². The third-order valence-electron chi connectivity index (χ3n) is 4.18. The van der Waals surface area contributed by atoms with Gasteiger partial charge in [0.25, 0.3) is 0 Å². The molecule has 140 valence electrons. The number of nitrogens with zero attached hydrogens (tertiary/aromatic N) is 1. The molecule has 0 saturated heterocycles. The summed E-state index contributed by atoms with van der Waals surface area (Å²) >= 11 is 5.95. The molecule has 0 bridgehead atoms. The highest BCUT2D eigenvalue weighted by atomic mass is 35.5. The molecular formula is C20H16ClF3N2O. The summed E-state index contributed by atoms with van der Waals surface area (Å²) in [6.07, 6.45) is -2.97. The van der Waals surface area contributed by atoms with Gasteiger partial charge < -0.3 is 9.88 Å². The van der Waals surface area contributed by atoms with Crippen LogP contribution in [-0.4, -0.2) is 4.57 Å².